The first kappa shape index (κ1) is 33.2. The van der Waals surface area contributed by atoms with Gasteiger partial charge in [-0.05, 0) is 57.3 Å². The van der Waals surface area contributed by atoms with Gasteiger partial charge in [-0.3, -0.25) is 13.6 Å². The van der Waals surface area contributed by atoms with Crippen LogP contribution in [0.25, 0.3) is 0 Å². The van der Waals surface area contributed by atoms with E-state index in [0.717, 1.165) is 36.5 Å². The average molecular weight is 531 g/mol. The second kappa shape index (κ2) is 22.6. The Kier molecular flexibility index (Phi) is 23.4. The van der Waals surface area contributed by atoms with Crippen LogP contribution in [0.15, 0.2) is 0 Å². The van der Waals surface area contributed by atoms with E-state index in [-0.39, 0.29) is 16.3 Å². The third-order valence-electron chi connectivity index (χ3n) is 4.88. The first-order valence-corrected chi connectivity index (χ1v) is 17.5. The lowest BCUT2D eigenvalue weighted by Gasteiger charge is -2.26. The molecule has 0 spiro atoms. The van der Waals surface area contributed by atoms with Crippen molar-refractivity contribution in [3.63, 3.8) is 0 Å². The molecule has 0 aliphatic carbocycles. The molecule has 0 rings (SSSR count). The summed E-state index contributed by atoms with van der Waals surface area (Å²) >= 11 is 5.08. The fourth-order valence-electron chi connectivity index (χ4n) is 3.05. The number of hydrogen-bond acceptors (Lipinski definition) is 7. The van der Waals surface area contributed by atoms with Crippen LogP contribution < -0.4 is 0 Å². The normalized spacial score (nSPS) is 16.6. The van der Waals surface area contributed by atoms with Gasteiger partial charge in [-0.1, -0.05) is 78.6 Å². The van der Waals surface area contributed by atoms with Crippen LogP contribution in [0.2, 0.25) is 0 Å². The maximum atomic E-state index is 13.5. The summed E-state index contributed by atoms with van der Waals surface area (Å²) in [5.74, 6) is 3.01. The Morgan fingerprint density at radius 3 is 1.06 bits per heavy atom. The summed E-state index contributed by atoms with van der Waals surface area (Å²) in [7, 11) is -3.63. The molecule has 0 saturated heterocycles. The molecule has 0 heterocycles. The van der Waals surface area contributed by atoms with Gasteiger partial charge < -0.3 is 0 Å². The molecule has 0 bridgehead atoms. The molecule has 0 aromatic carbocycles. The second-order valence-corrected chi connectivity index (χ2v) is 14.0. The average Bonchev–Trinajstić information content (AvgIpc) is 2.72. The first-order chi connectivity index (χ1) is 15.4. The molecule has 194 valence electrons. The standard InChI is InChI=1S/C24H51O4PS3/c1-7-10-13-16-19-30-22(4)26-29(25,27-23(5)31-20-17-14-11-8-2)28-24(6)32-21-18-15-12-9-3/h22-24H,7-21H2,1-6H3. The van der Waals surface area contributed by atoms with Crippen molar-refractivity contribution in [1.82, 2.24) is 0 Å². The van der Waals surface area contributed by atoms with Gasteiger partial charge in [0.1, 0.15) is 16.3 Å². The van der Waals surface area contributed by atoms with Gasteiger partial charge in [0.15, 0.2) is 0 Å². The lowest BCUT2D eigenvalue weighted by molar-refractivity contribution is 0.102. The molecular weight excluding hydrogens is 479 g/mol. The Bertz CT molecular complexity index is 395. The van der Waals surface area contributed by atoms with Crippen LogP contribution in [-0.4, -0.2) is 33.6 Å². The van der Waals surface area contributed by atoms with Crippen molar-refractivity contribution in [2.75, 3.05) is 17.3 Å². The molecule has 3 unspecified atom stereocenters. The fraction of sp³-hybridized carbons (Fsp3) is 1.00. The Morgan fingerprint density at radius 2 is 0.812 bits per heavy atom. The van der Waals surface area contributed by atoms with E-state index in [1.54, 1.807) is 35.3 Å². The molecule has 32 heavy (non-hydrogen) atoms. The number of phosphoric ester groups is 1. The Labute approximate surface area is 212 Å². The van der Waals surface area contributed by atoms with Crippen LogP contribution in [0.3, 0.4) is 0 Å². The predicted molar refractivity (Wildman–Crippen MR) is 149 cm³/mol. The van der Waals surface area contributed by atoms with Crippen molar-refractivity contribution in [3.05, 3.63) is 0 Å². The van der Waals surface area contributed by atoms with Crippen molar-refractivity contribution in [2.45, 2.75) is 135 Å². The molecule has 8 heteroatoms. The number of phosphoric acid groups is 1. The number of hydrogen-bond donors (Lipinski definition) is 0. The van der Waals surface area contributed by atoms with Crippen LogP contribution in [0.1, 0.15) is 119 Å². The van der Waals surface area contributed by atoms with Crippen molar-refractivity contribution in [3.8, 4) is 0 Å². The van der Waals surface area contributed by atoms with Crippen LogP contribution in [-0.2, 0) is 18.1 Å². The minimum Gasteiger partial charge on any atom is -0.273 e. The summed E-state index contributed by atoms with van der Waals surface area (Å²) in [5.41, 5.74) is -0.650. The van der Waals surface area contributed by atoms with E-state index in [1.165, 1.54) is 57.8 Å². The second-order valence-electron chi connectivity index (χ2n) is 8.26. The summed E-state index contributed by atoms with van der Waals surface area (Å²) in [6.07, 6.45) is 14.7. The van der Waals surface area contributed by atoms with Crippen LogP contribution in [0, 0.1) is 0 Å². The molecule has 3 atom stereocenters. The van der Waals surface area contributed by atoms with Crippen molar-refractivity contribution in [2.24, 2.45) is 0 Å². The first-order valence-electron chi connectivity index (χ1n) is 12.9. The SMILES string of the molecule is CCCCCCSC(C)OP(=O)(OC(C)SCCCCCC)OC(C)SCCCCCC. The van der Waals surface area contributed by atoms with E-state index in [2.05, 4.69) is 20.8 Å². The zero-order chi connectivity index (χ0) is 24.1. The van der Waals surface area contributed by atoms with Crippen molar-refractivity contribution < 1.29 is 18.1 Å². The molecular formula is C24H51O4PS3. The Balaban J connectivity index is 4.64. The quantitative estimate of drug-likeness (QED) is 0.0698. The highest BCUT2D eigenvalue weighted by Gasteiger charge is 2.34. The summed E-state index contributed by atoms with van der Waals surface area (Å²) in [4.78, 5) is 0. The molecule has 0 aromatic heterocycles. The molecule has 0 N–H and O–H groups in total. The Hall–Kier alpha value is 1.16. The van der Waals surface area contributed by atoms with E-state index in [4.69, 9.17) is 13.6 Å². The van der Waals surface area contributed by atoms with Crippen LogP contribution in [0.4, 0.5) is 0 Å². The zero-order valence-electron chi connectivity index (χ0n) is 21.6. The monoisotopic (exact) mass is 530 g/mol. The molecule has 0 aliphatic rings. The van der Waals surface area contributed by atoms with Gasteiger partial charge in [0.05, 0.1) is 0 Å². The van der Waals surface area contributed by atoms with Gasteiger partial charge >= 0.3 is 7.82 Å². The van der Waals surface area contributed by atoms with E-state index < -0.39 is 7.82 Å². The third-order valence-corrected chi connectivity index (χ3v) is 10.3. The lowest BCUT2D eigenvalue weighted by atomic mass is 10.2. The van der Waals surface area contributed by atoms with Gasteiger partial charge in [-0.2, -0.15) is 0 Å². The minimum absolute atomic E-state index is 0.217. The maximum Gasteiger partial charge on any atom is 0.478 e. The zero-order valence-corrected chi connectivity index (χ0v) is 25.0. The topological polar surface area (TPSA) is 44.8 Å². The maximum absolute atomic E-state index is 13.5. The minimum atomic E-state index is -3.63. The molecule has 0 aliphatic heterocycles. The van der Waals surface area contributed by atoms with Gasteiger partial charge in [0.2, 0.25) is 0 Å². The van der Waals surface area contributed by atoms with Crippen LogP contribution in [0.5, 0.6) is 0 Å². The van der Waals surface area contributed by atoms with Gasteiger partial charge in [-0.25, -0.2) is 4.57 Å². The smallest absolute Gasteiger partial charge is 0.273 e. The number of thioether (sulfide) groups is 3. The lowest BCUT2D eigenvalue weighted by Crippen LogP contribution is -2.14. The number of unbranched alkanes of at least 4 members (excludes halogenated alkanes) is 9. The summed E-state index contributed by atoms with van der Waals surface area (Å²) in [6.45, 7) is 12.5. The van der Waals surface area contributed by atoms with Crippen LogP contribution >= 0.6 is 43.1 Å². The van der Waals surface area contributed by atoms with E-state index in [1.807, 2.05) is 20.8 Å². The van der Waals surface area contributed by atoms with Gasteiger partial charge in [-0.15, -0.1) is 35.3 Å². The highest BCUT2D eigenvalue weighted by molar-refractivity contribution is 8.00. The summed E-state index contributed by atoms with van der Waals surface area (Å²) in [6, 6.07) is 0. The summed E-state index contributed by atoms with van der Waals surface area (Å²) in [5, 5.41) is 0. The predicted octanol–water partition coefficient (Wildman–Crippen LogP) is 10.1. The van der Waals surface area contributed by atoms with Crippen molar-refractivity contribution in [1.29, 1.82) is 0 Å². The third kappa shape index (κ3) is 20.5. The van der Waals surface area contributed by atoms with Gasteiger partial charge in [0.25, 0.3) is 0 Å². The Morgan fingerprint density at radius 1 is 0.531 bits per heavy atom. The van der Waals surface area contributed by atoms with E-state index in [9.17, 15) is 4.57 Å². The molecule has 0 fully saturated rings. The number of rotatable bonds is 24. The molecule has 0 aromatic rings. The van der Waals surface area contributed by atoms with Gasteiger partial charge in [0, 0.05) is 0 Å². The molecule has 0 amide bonds. The molecule has 0 radical (unpaired) electrons. The van der Waals surface area contributed by atoms with E-state index in [0.29, 0.717) is 0 Å². The fourth-order valence-corrected chi connectivity index (χ4v) is 8.07. The highest BCUT2D eigenvalue weighted by atomic mass is 32.2. The summed E-state index contributed by atoms with van der Waals surface area (Å²) < 4.78 is 31.3. The largest absolute Gasteiger partial charge is 0.478 e. The van der Waals surface area contributed by atoms with Crippen molar-refractivity contribution >= 4 is 43.1 Å². The van der Waals surface area contributed by atoms with E-state index >= 15 is 0 Å². The highest BCUT2D eigenvalue weighted by Crippen LogP contribution is 2.55. The molecule has 4 nitrogen and oxygen atoms in total. The molecule has 0 saturated carbocycles.